The molecule has 0 aliphatic carbocycles. The molecule has 0 saturated heterocycles. The molecular formula is C13H19ClFNO3S. The van der Waals surface area contributed by atoms with Crippen LogP contribution in [0.15, 0.2) is 17.0 Å². The molecule has 0 atom stereocenters. The SMILES string of the molecule is CCN(CCOC)S(=O)(=O)c1cc(CCl)cc(F)c1C. The lowest BCUT2D eigenvalue weighted by Crippen LogP contribution is -2.34. The third-order valence-electron chi connectivity index (χ3n) is 3.03. The third kappa shape index (κ3) is 3.69. The van der Waals surface area contributed by atoms with E-state index in [9.17, 15) is 12.8 Å². The fourth-order valence-corrected chi connectivity index (χ4v) is 3.70. The van der Waals surface area contributed by atoms with Crippen LogP contribution in [0.25, 0.3) is 0 Å². The monoisotopic (exact) mass is 323 g/mol. The van der Waals surface area contributed by atoms with Gasteiger partial charge in [0.05, 0.1) is 11.5 Å². The second kappa shape index (κ2) is 7.36. The predicted octanol–water partition coefficient (Wildman–Crippen LogP) is 2.53. The number of halogens is 2. The first-order chi connectivity index (χ1) is 9.38. The zero-order chi connectivity index (χ0) is 15.3. The molecule has 0 bridgehead atoms. The summed E-state index contributed by atoms with van der Waals surface area (Å²) in [7, 11) is -2.25. The van der Waals surface area contributed by atoms with Gasteiger partial charge < -0.3 is 4.74 Å². The van der Waals surface area contributed by atoms with Crippen LogP contribution >= 0.6 is 11.6 Å². The number of benzene rings is 1. The third-order valence-corrected chi connectivity index (χ3v) is 5.44. The molecule has 0 aliphatic rings. The van der Waals surface area contributed by atoms with Crippen LogP contribution in [-0.2, 0) is 20.6 Å². The molecule has 0 heterocycles. The van der Waals surface area contributed by atoms with Crippen molar-refractivity contribution in [2.24, 2.45) is 0 Å². The van der Waals surface area contributed by atoms with E-state index in [1.165, 1.54) is 30.5 Å². The van der Waals surface area contributed by atoms with Crippen molar-refractivity contribution in [1.29, 1.82) is 0 Å². The number of alkyl halides is 1. The van der Waals surface area contributed by atoms with Gasteiger partial charge in [0.15, 0.2) is 0 Å². The summed E-state index contributed by atoms with van der Waals surface area (Å²) >= 11 is 5.68. The van der Waals surface area contributed by atoms with E-state index in [-0.39, 0.29) is 36.0 Å². The van der Waals surface area contributed by atoms with Crippen LogP contribution < -0.4 is 0 Å². The van der Waals surface area contributed by atoms with Crippen LogP contribution in [0.5, 0.6) is 0 Å². The highest BCUT2D eigenvalue weighted by atomic mass is 35.5. The molecule has 0 fully saturated rings. The molecule has 7 heteroatoms. The number of methoxy groups -OCH3 is 1. The molecule has 0 spiro atoms. The van der Waals surface area contributed by atoms with Crippen LogP contribution in [0.4, 0.5) is 4.39 Å². The van der Waals surface area contributed by atoms with Gasteiger partial charge in [0, 0.05) is 31.6 Å². The van der Waals surface area contributed by atoms with E-state index in [4.69, 9.17) is 16.3 Å². The van der Waals surface area contributed by atoms with Gasteiger partial charge >= 0.3 is 0 Å². The number of rotatable bonds is 7. The van der Waals surface area contributed by atoms with Gasteiger partial charge in [0.1, 0.15) is 5.82 Å². The van der Waals surface area contributed by atoms with Crippen molar-refractivity contribution in [2.75, 3.05) is 26.8 Å². The van der Waals surface area contributed by atoms with E-state index in [1.807, 2.05) is 0 Å². The molecular weight excluding hydrogens is 305 g/mol. The molecule has 114 valence electrons. The van der Waals surface area contributed by atoms with Crippen LogP contribution in [0, 0.1) is 12.7 Å². The fraction of sp³-hybridized carbons (Fsp3) is 0.538. The Hall–Kier alpha value is -0.690. The van der Waals surface area contributed by atoms with Gasteiger partial charge in [-0.2, -0.15) is 4.31 Å². The first-order valence-corrected chi connectivity index (χ1v) is 8.20. The maximum Gasteiger partial charge on any atom is 0.243 e. The summed E-state index contributed by atoms with van der Waals surface area (Å²) < 4.78 is 45.1. The standard InChI is InChI=1S/C13H19ClFNO3S/c1-4-16(5-6-19-3)20(17,18)13-8-11(9-14)7-12(15)10(13)2/h7-8H,4-6,9H2,1-3H3. The van der Waals surface area contributed by atoms with Crippen molar-refractivity contribution in [1.82, 2.24) is 4.31 Å². The number of ether oxygens (including phenoxy) is 1. The highest BCUT2D eigenvalue weighted by molar-refractivity contribution is 7.89. The Morgan fingerprint density at radius 3 is 2.55 bits per heavy atom. The van der Waals surface area contributed by atoms with Gasteiger partial charge in [-0.05, 0) is 24.6 Å². The van der Waals surface area contributed by atoms with Crippen LogP contribution in [0.1, 0.15) is 18.1 Å². The summed E-state index contributed by atoms with van der Waals surface area (Å²) in [6.07, 6.45) is 0. The van der Waals surface area contributed by atoms with E-state index >= 15 is 0 Å². The highest BCUT2D eigenvalue weighted by Crippen LogP contribution is 2.24. The molecule has 4 nitrogen and oxygen atoms in total. The quantitative estimate of drug-likeness (QED) is 0.724. The normalized spacial score (nSPS) is 12.1. The second-order valence-corrected chi connectivity index (χ2v) is 6.50. The average molecular weight is 324 g/mol. The van der Waals surface area contributed by atoms with E-state index < -0.39 is 15.8 Å². The van der Waals surface area contributed by atoms with Gasteiger partial charge in [0.25, 0.3) is 0 Å². The summed E-state index contributed by atoms with van der Waals surface area (Å²) in [6.45, 7) is 3.97. The molecule has 1 aromatic rings. The van der Waals surface area contributed by atoms with Gasteiger partial charge in [-0.3, -0.25) is 0 Å². The lowest BCUT2D eigenvalue weighted by molar-refractivity contribution is 0.180. The van der Waals surface area contributed by atoms with Crippen LogP contribution in [0.3, 0.4) is 0 Å². The minimum Gasteiger partial charge on any atom is -0.383 e. The minimum atomic E-state index is -3.75. The molecule has 0 saturated carbocycles. The van der Waals surface area contributed by atoms with Gasteiger partial charge in [-0.1, -0.05) is 6.92 Å². The summed E-state index contributed by atoms with van der Waals surface area (Å²) in [5.41, 5.74) is 0.547. The van der Waals surface area contributed by atoms with E-state index in [0.717, 1.165) is 0 Å². The zero-order valence-corrected chi connectivity index (χ0v) is 13.4. The summed E-state index contributed by atoms with van der Waals surface area (Å²) in [5.74, 6) is -0.506. The molecule has 1 aromatic carbocycles. The number of hydrogen-bond acceptors (Lipinski definition) is 3. The Kier molecular flexibility index (Phi) is 6.39. The van der Waals surface area contributed by atoms with E-state index in [1.54, 1.807) is 6.92 Å². The Labute approximate surface area is 124 Å². The minimum absolute atomic E-state index is 0.0360. The van der Waals surface area contributed by atoms with Gasteiger partial charge in [-0.15, -0.1) is 11.6 Å². The molecule has 0 N–H and O–H groups in total. The number of nitrogens with zero attached hydrogens (tertiary/aromatic N) is 1. The van der Waals surface area contributed by atoms with Crippen LogP contribution in [0.2, 0.25) is 0 Å². The fourth-order valence-electron chi connectivity index (χ4n) is 1.83. The van der Waals surface area contributed by atoms with Crippen molar-refractivity contribution in [3.05, 3.63) is 29.1 Å². The second-order valence-electron chi connectivity index (χ2n) is 4.32. The number of sulfonamides is 1. The van der Waals surface area contributed by atoms with Gasteiger partial charge in [-0.25, -0.2) is 12.8 Å². The van der Waals surface area contributed by atoms with Crippen molar-refractivity contribution in [2.45, 2.75) is 24.6 Å². The van der Waals surface area contributed by atoms with Crippen molar-refractivity contribution >= 4 is 21.6 Å². The number of likely N-dealkylation sites (N-methyl/N-ethyl adjacent to an activating group) is 1. The Bertz CT molecular complexity index is 563. The molecule has 0 amide bonds. The molecule has 0 radical (unpaired) electrons. The highest BCUT2D eigenvalue weighted by Gasteiger charge is 2.26. The maximum atomic E-state index is 13.8. The average Bonchev–Trinajstić information content (AvgIpc) is 2.42. The maximum absolute atomic E-state index is 13.8. The first-order valence-electron chi connectivity index (χ1n) is 6.22. The summed E-state index contributed by atoms with van der Waals surface area (Å²) in [5, 5.41) is 0. The predicted molar refractivity (Wildman–Crippen MR) is 77.0 cm³/mol. The topological polar surface area (TPSA) is 46.6 Å². The molecule has 1 rings (SSSR count). The molecule has 0 unspecified atom stereocenters. The first kappa shape index (κ1) is 17.4. The summed E-state index contributed by atoms with van der Waals surface area (Å²) in [6, 6.07) is 2.68. The molecule has 0 aromatic heterocycles. The molecule has 0 aliphatic heterocycles. The number of hydrogen-bond donors (Lipinski definition) is 0. The summed E-state index contributed by atoms with van der Waals surface area (Å²) in [4.78, 5) is -0.0360. The van der Waals surface area contributed by atoms with E-state index in [0.29, 0.717) is 5.56 Å². The Balaban J connectivity index is 3.29. The molecule has 20 heavy (non-hydrogen) atoms. The Morgan fingerprint density at radius 1 is 1.40 bits per heavy atom. The smallest absolute Gasteiger partial charge is 0.243 e. The van der Waals surface area contributed by atoms with Crippen molar-refractivity contribution < 1.29 is 17.5 Å². The van der Waals surface area contributed by atoms with E-state index in [2.05, 4.69) is 0 Å². The zero-order valence-electron chi connectivity index (χ0n) is 11.8. The largest absolute Gasteiger partial charge is 0.383 e. The van der Waals surface area contributed by atoms with Crippen molar-refractivity contribution in [3.63, 3.8) is 0 Å². The Morgan fingerprint density at radius 2 is 2.05 bits per heavy atom. The van der Waals surface area contributed by atoms with Crippen LogP contribution in [-0.4, -0.2) is 39.5 Å². The van der Waals surface area contributed by atoms with Crippen molar-refractivity contribution in [3.8, 4) is 0 Å². The van der Waals surface area contributed by atoms with Gasteiger partial charge in [0.2, 0.25) is 10.0 Å². The lowest BCUT2D eigenvalue weighted by Gasteiger charge is -2.21. The lowest BCUT2D eigenvalue weighted by atomic mass is 10.1.